The molecule has 3 rings (SSSR count). The lowest BCUT2D eigenvalue weighted by Gasteiger charge is -2.41. The van der Waals surface area contributed by atoms with Gasteiger partial charge in [-0.3, -0.25) is 14.0 Å². The monoisotopic (exact) mass is 438 g/mol. The van der Waals surface area contributed by atoms with Crippen molar-refractivity contribution in [2.75, 3.05) is 5.75 Å². The van der Waals surface area contributed by atoms with E-state index < -0.39 is 31.4 Å². The van der Waals surface area contributed by atoms with E-state index in [9.17, 15) is 17.8 Å². The van der Waals surface area contributed by atoms with Gasteiger partial charge in [-0.25, -0.2) is 8.78 Å². The van der Waals surface area contributed by atoms with Gasteiger partial charge in [-0.2, -0.15) is 4.98 Å². The standard InChI is InChI=1S/C20H24F2N4O3S/c1-11-24-16(29-26-11)9-13(27)6-12-7-14(17(22)15(21)8-12)20(4)10-30(5,28)19(2,3)18(23)25-20/h7-8H,5-6,9-10H2,1-4H3,(H2,23,25)/t20-,30?/m0/s1. The molecule has 2 heterocycles. The molecule has 0 spiro atoms. The number of halogens is 2. The molecule has 0 amide bonds. The Bertz CT molecular complexity index is 1150. The van der Waals surface area contributed by atoms with Gasteiger partial charge in [-0.15, -0.1) is 0 Å². The number of rotatable bonds is 5. The minimum Gasteiger partial charge on any atom is -0.386 e. The van der Waals surface area contributed by atoms with E-state index >= 15 is 0 Å². The van der Waals surface area contributed by atoms with Crippen molar-refractivity contribution in [2.24, 2.45) is 10.7 Å². The van der Waals surface area contributed by atoms with Gasteiger partial charge in [0.25, 0.3) is 0 Å². The average Bonchev–Trinajstić information content (AvgIpc) is 3.00. The molecule has 162 valence electrons. The Balaban J connectivity index is 1.97. The molecule has 1 aromatic carbocycles. The number of aryl methyl sites for hydroxylation is 1. The summed E-state index contributed by atoms with van der Waals surface area (Å²) in [5, 5.41) is 3.61. The van der Waals surface area contributed by atoms with Crippen LogP contribution in [0.25, 0.3) is 0 Å². The van der Waals surface area contributed by atoms with Gasteiger partial charge in [0, 0.05) is 17.7 Å². The molecule has 1 aliphatic heterocycles. The number of amidine groups is 1. The van der Waals surface area contributed by atoms with Crippen LogP contribution < -0.4 is 5.73 Å². The normalized spacial score (nSPS) is 25.7. The zero-order valence-electron chi connectivity index (χ0n) is 17.3. The quantitative estimate of drug-likeness (QED) is 0.716. The highest BCUT2D eigenvalue weighted by Gasteiger charge is 2.46. The Morgan fingerprint density at radius 2 is 1.97 bits per heavy atom. The number of carbonyl (C=O) groups is 1. The van der Waals surface area contributed by atoms with E-state index in [0.717, 1.165) is 6.07 Å². The molecular formula is C20H24F2N4O3S. The number of ketones is 1. The lowest BCUT2D eigenvalue weighted by molar-refractivity contribution is -0.118. The number of aliphatic imine (C=N–C) groups is 1. The van der Waals surface area contributed by atoms with Gasteiger partial charge in [0.15, 0.2) is 17.5 Å². The molecule has 30 heavy (non-hydrogen) atoms. The van der Waals surface area contributed by atoms with Crippen molar-refractivity contribution in [3.05, 3.63) is 46.6 Å². The molecule has 1 aliphatic rings. The third kappa shape index (κ3) is 3.88. The van der Waals surface area contributed by atoms with Gasteiger partial charge in [0.1, 0.15) is 11.6 Å². The number of aromatic nitrogens is 2. The first-order valence-corrected chi connectivity index (χ1v) is 11.1. The average molecular weight is 439 g/mol. The van der Waals surface area contributed by atoms with Gasteiger partial charge >= 0.3 is 0 Å². The second-order valence-electron chi connectivity index (χ2n) is 8.30. The van der Waals surface area contributed by atoms with Crippen molar-refractivity contribution in [3.63, 3.8) is 0 Å². The van der Waals surface area contributed by atoms with E-state index in [2.05, 4.69) is 21.0 Å². The number of carbonyl (C=O) groups excluding carboxylic acids is 1. The molecular weight excluding hydrogens is 414 g/mol. The molecule has 1 unspecified atom stereocenters. The summed E-state index contributed by atoms with van der Waals surface area (Å²) >= 11 is 0. The first kappa shape index (κ1) is 22.1. The molecule has 7 nitrogen and oxygen atoms in total. The van der Waals surface area contributed by atoms with Crippen LogP contribution in [0.5, 0.6) is 0 Å². The maximum Gasteiger partial charge on any atom is 0.234 e. The second kappa shape index (κ2) is 7.26. The highest BCUT2D eigenvalue weighted by molar-refractivity contribution is 8.02. The second-order valence-corrected chi connectivity index (χ2v) is 11.2. The van der Waals surface area contributed by atoms with Crippen molar-refractivity contribution in [1.29, 1.82) is 0 Å². The molecule has 2 aromatic rings. The highest BCUT2D eigenvalue weighted by Crippen LogP contribution is 2.38. The fourth-order valence-corrected chi connectivity index (χ4v) is 5.32. The summed E-state index contributed by atoms with van der Waals surface area (Å²) in [6.07, 6.45) is -0.301. The fraction of sp³-hybridized carbons (Fsp3) is 0.450. The van der Waals surface area contributed by atoms with Crippen molar-refractivity contribution in [3.8, 4) is 0 Å². The van der Waals surface area contributed by atoms with E-state index in [-0.39, 0.29) is 47.2 Å². The maximum absolute atomic E-state index is 14.8. The van der Waals surface area contributed by atoms with E-state index in [1.165, 1.54) is 13.0 Å². The number of hydrogen-bond acceptors (Lipinski definition) is 7. The highest BCUT2D eigenvalue weighted by atomic mass is 32.2. The Morgan fingerprint density at radius 1 is 1.30 bits per heavy atom. The Labute approximate surface area is 173 Å². The Morgan fingerprint density at radius 3 is 2.53 bits per heavy atom. The summed E-state index contributed by atoms with van der Waals surface area (Å²) in [5.41, 5.74) is 4.78. The topological polar surface area (TPSA) is 111 Å². The fourth-order valence-electron chi connectivity index (χ4n) is 3.41. The van der Waals surface area contributed by atoms with E-state index in [4.69, 9.17) is 10.3 Å². The van der Waals surface area contributed by atoms with Crippen LogP contribution in [0.3, 0.4) is 0 Å². The van der Waals surface area contributed by atoms with Gasteiger partial charge in [0.2, 0.25) is 5.89 Å². The predicted octanol–water partition coefficient (Wildman–Crippen LogP) is 2.09. The van der Waals surface area contributed by atoms with Gasteiger partial charge in [0.05, 0.1) is 16.7 Å². The molecule has 1 aromatic heterocycles. The molecule has 0 aliphatic carbocycles. The molecule has 2 atom stereocenters. The summed E-state index contributed by atoms with van der Waals surface area (Å²) in [6, 6.07) is 2.32. The molecule has 2 N–H and O–H groups in total. The van der Waals surface area contributed by atoms with Crippen LogP contribution in [0.4, 0.5) is 8.78 Å². The molecule has 0 fully saturated rings. The maximum atomic E-state index is 14.8. The van der Waals surface area contributed by atoms with Gasteiger partial charge < -0.3 is 10.3 Å². The van der Waals surface area contributed by atoms with Crippen molar-refractivity contribution in [1.82, 2.24) is 10.1 Å². The van der Waals surface area contributed by atoms with Crippen molar-refractivity contribution < 1.29 is 22.3 Å². The first-order chi connectivity index (χ1) is 13.7. The smallest absolute Gasteiger partial charge is 0.234 e. The summed E-state index contributed by atoms with van der Waals surface area (Å²) in [6.45, 7) is 6.47. The van der Waals surface area contributed by atoms with Crippen molar-refractivity contribution in [2.45, 2.75) is 50.8 Å². The first-order valence-electron chi connectivity index (χ1n) is 9.25. The van der Waals surface area contributed by atoms with Gasteiger partial charge in [-0.1, -0.05) is 5.16 Å². The number of benzene rings is 1. The third-order valence-electron chi connectivity index (χ3n) is 5.42. The Kier molecular flexibility index (Phi) is 5.34. The Hall–Kier alpha value is -2.62. The minimum absolute atomic E-state index is 0.0595. The van der Waals surface area contributed by atoms with Crippen LogP contribution in [-0.4, -0.2) is 42.3 Å². The lowest BCUT2D eigenvalue weighted by Crippen LogP contribution is -2.54. The van der Waals surface area contributed by atoms with Crippen LogP contribution >= 0.6 is 0 Å². The predicted molar refractivity (Wildman–Crippen MR) is 111 cm³/mol. The molecule has 10 heteroatoms. The molecule has 0 bridgehead atoms. The molecule has 0 saturated heterocycles. The zero-order valence-corrected chi connectivity index (χ0v) is 18.1. The van der Waals surface area contributed by atoms with Crippen LogP contribution in [0, 0.1) is 18.6 Å². The molecule has 0 saturated carbocycles. The number of nitrogens with two attached hydrogens (primary N) is 1. The summed E-state index contributed by atoms with van der Waals surface area (Å²) in [7, 11) is -2.81. The minimum atomic E-state index is -2.81. The van der Waals surface area contributed by atoms with Crippen LogP contribution in [-0.2, 0) is 32.7 Å². The summed E-state index contributed by atoms with van der Waals surface area (Å²) in [4.78, 5) is 20.7. The van der Waals surface area contributed by atoms with Crippen LogP contribution in [0.15, 0.2) is 21.6 Å². The van der Waals surface area contributed by atoms with Gasteiger partial charge in [-0.05, 0) is 60.8 Å². The number of hydrogen-bond donors (Lipinski definition) is 1. The van der Waals surface area contributed by atoms with Crippen molar-refractivity contribution >= 4 is 27.0 Å². The van der Waals surface area contributed by atoms with E-state index in [1.807, 2.05) is 0 Å². The summed E-state index contributed by atoms with van der Waals surface area (Å²) < 4.78 is 46.2. The van der Waals surface area contributed by atoms with E-state index in [0.29, 0.717) is 5.82 Å². The van der Waals surface area contributed by atoms with Crippen LogP contribution in [0.2, 0.25) is 0 Å². The number of nitrogens with zero attached hydrogens (tertiary/aromatic N) is 3. The van der Waals surface area contributed by atoms with Crippen LogP contribution in [0.1, 0.15) is 43.6 Å². The largest absolute Gasteiger partial charge is 0.386 e. The molecule has 0 radical (unpaired) electrons. The SMILES string of the molecule is C=S1(=O)C[C@@](C)(c2cc(CC(=O)Cc3nc(C)no3)cc(F)c2F)N=C(N)C1(C)C. The summed E-state index contributed by atoms with van der Waals surface area (Å²) in [5.74, 6) is 1.74. The van der Waals surface area contributed by atoms with E-state index in [1.54, 1.807) is 20.8 Å². The number of Topliss-reactive ketones (excluding diaryl/α,β-unsaturated/α-hetero) is 1. The lowest BCUT2D eigenvalue weighted by atomic mass is 9.90. The third-order valence-corrected chi connectivity index (χ3v) is 8.51. The zero-order chi connectivity index (χ0) is 22.5.